The van der Waals surface area contributed by atoms with Crippen LogP contribution >= 0.6 is 0 Å². The van der Waals surface area contributed by atoms with Crippen LogP contribution in [0.25, 0.3) is 0 Å². The van der Waals surface area contributed by atoms with Crippen molar-refractivity contribution in [3.05, 3.63) is 0 Å². The predicted molar refractivity (Wildman–Crippen MR) is 173 cm³/mol. The summed E-state index contributed by atoms with van der Waals surface area (Å²) in [6, 6.07) is 0. The first-order valence-electron chi connectivity index (χ1n) is 18.0. The van der Waals surface area contributed by atoms with E-state index in [1.807, 2.05) is 0 Å². The van der Waals surface area contributed by atoms with Crippen molar-refractivity contribution in [3.63, 3.8) is 0 Å². The third-order valence-corrected chi connectivity index (χ3v) is 8.06. The first kappa shape index (κ1) is 40.1. The van der Waals surface area contributed by atoms with E-state index in [4.69, 9.17) is 0 Å². The monoisotopic (exact) mass is 541 g/mol. The van der Waals surface area contributed by atoms with E-state index in [1.165, 1.54) is 167 Å². The number of aliphatic hydroxyl groups excluding tert-OH is 2. The minimum atomic E-state index is -0.0271. The topological polar surface area (TPSA) is 40.5 Å². The molecule has 0 bridgehead atoms. The second-order valence-corrected chi connectivity index (χ2v) is 12.2. The maximum absolute atomic E-state index is 9.95. The van der Waals surface area contributed by atoms with Crippen LogP contribution in [0, 0.1) is 0 Å². The molecule has 0 aliphatic carbocycles. The Labute approximate surface area is 242 Å². The Morgan fingerprint density at radius 3 is 0.632 bits per heavy atom. The van der Waals surface area contributed by atoms with Gasteiger partial charge in [-0.05, 0) is 25.7 Å². The Hall–Kier alpha value is -0.0800. The summed E-state index contributed by atoms with van der Waals surface area (Å²) in [5.74, 6) is 0. The molecule has 0 aliphatic heterocycles. The van der Waals surface area contributed by atoms with Crippen molar-refractivity contribution < 1.29 is 10.2 Å². The highest BCUT2D eigenvalue weighted by Gasteiger charge is 2.04. The molecule has 38 heavy (non-hydrogen) atoms. The van der Waals surface area contributed by atoms with Gasteiger partial charge in [0.1, 0.15) is 0 Å². The van der Waals surface area contributed by atoms with Crippen LogP contribution in [0.15, 0.2) is 0 Å². The van der Waals surface area contributed by atoms with Crippen molar-refractivity contribution in [1.29, 1.82) is 0 Å². The van der Waals surface area contributed by atoms with Crippen LogP contribution in [0.5, 0.6) is 0 Å². The summed E-state index contributed by atoms with van der Waals surface area (Å²) >= 11 is 0. The van der Waals surface area contributed by atoms with Gasteiger partial charge in [-0.2, -0.15) is 0 Å². The Kier molecular flexibility index (Phi) is 38.9. The predicted octanol–water partition coefficient (Wildman–Crippen LogP) is 12.5. The first-order chi connectivity index (χ1) is 18.6. The SMILES string of the molecule is CCCCCCCCCC(O)CCCCCC.CCCCCCCCCCCC(O)CCCCCCCC. The van der Waals surface area contributed by atoms with E-state index in [-0.39, 0.29) is 12.2 Å². The Morgan fingerprint density at radius 2 is 0.421 bits per heavy atom. The molecule has 0 fully saturated rings. The molecule has 0 rings (SSSR count). The van der Waals surface area contributed by atoms with Crippen molar-refractivity contribution in [2.75, 3.05) is 0 Å². The summed E-state index contributed by atoms with van der Waals surface area (Å²) in [6.45, 7) is 9.02. The van der Waals surface area contributed by atoms with Crippen molar-refractivity contribution in [2.45, 2.75) is 233 Å². The van der Waals surface area contributed by atoms with E-state index in [0.717, 1.165) is 25.7 Å². The fourth-order valence-electron chi connectivity index (χ4n) is 5.28. The molecular formula is C36H76O2. The molecule has 0 aliphatic rings. The lowest BCUT2D eigenvalue weighted by molar-refractivity contribution is 0.147. The van der Waals surface area contributed by atoms with Gasteiger partial charge in [-0.15, -0.1) is 0 Å². The molecule has 0 saturated heterocycles. The highest BCUT2D eigenvalue weighted by molar-refractivity contribution is 4.58. The van der Waals surface area contributed by atoms with E-state index >= 15 is 0 Å². The lowest BCUT2D eigenvalue weighted by Gasteiger charge is -2.10. The molecule has 0 aromatic carbocycles. The van der Waals surface area contributed by atoms with Crippen molar-refractivity contribution in [1.82, 2.24) is 0 Å². The molecule has 2 N–H and O–H groups in total. The van der Waals surface area contributed by atoms with Gasteiger partial charge in [0.05, 0.1) is 12.2 Å². The summed E-state index contributed by atoms with van der Waals surface area (Å²) in [6.07, 6.45) is 38.9. The van der Waals surface area contributed by atoms with E-state index in [9.17, 15) is 10.2 Å². The molecule has 0 spiro atoms. The lowest BCUT2D eigenvalue weighted by atomic mass is 10.0. The van der Waals surface area contributed by atoms with Gasteiger partial charge >= 0.3 is 0 Å². The Morgan fingerprint density at radius 1 is 0.263 bits per heavy atom. The van der Waals surface area contributed by atoms with Gasteiger partial charge in [0.25, 0.3) is 0 Å². The van der Waals surface area contributed by atoms with Gasteiger partial charge in [0.15, 0.2) is 0 Å². The Balaban J connectivity index is 0. The maximum atomic E-state index is 9.95. The van der Waals surface area contributed by atoms with Gasteiger partial charge in [0, 0.05) is 0 Å². The van der Waals surface area contributed by atoms with Crippen LogP contribution in [0.4, 0.5) is 0 Å². The largest absolute Gasteiger partial charge is 0.393 e. The normalized spacial score (nSPS) is 12.8. The fraction of sp³-hybridized carbons (Fsp3) is 1.00. The minimum absolute atomic E-state index is 0.0255. The minimum Gasteiger partial charge on any atom is -0.393 e. The van der Waals surface area contributed by atoms with E-state index in [2.05, 4.69) is 27.7 Å². The van der Waals surface area contributed by atoms with Gasteiger partial charge in [-0.1, -0.05) is 195 Å². The summed E-state index contributed by atoms with van der Waals surface area (Å²) in [7, 11) is 0. The molecule has 2 atom stereocenters. The van der Waals surface area contributed by atoms with Gasteiger partial charge in [-0.3, -0.25) is 0 Å². The molecule has 0 amide bonds. The van der Waals surface area contributed by atoms with E-state index in [1.54, 1.807) is 0 Å². The van der Waals surface area contributed by atoms with Gasteiger partial charge in [-0.25, -0.2) is 0 Å². The number of hydrogen-bond donors (Lipinski definition) is 2. The highest BCUT2D eigenvalue weighted by atomic mass is 16.3. The average molecular weight is 541 g/mol. The summed E-state index contributed by atoms with van der Waals surface area (Å²) in [4.78, 5) is 0. The van der Waals surface area contributed by atoms with E-state index < -0.39 is 0 Å². The molecule has 0 saturated carbocycles. The Bertz CT molecular complexity index is 384. The summed E-state index contributed by atoms with van der Waals surface area (Å²) < 4.78 is 0. The molecule has 232 valence electrons. The van der Waals surface area contributed by atoms with Crippen molar-refractivity contribution >= 4 is 0 Å². The lowest BCUT2D eigenvalue weighted by Crippen LogP contribution is -2.05. The zero-order valence-corrected chi connectivity index (χ0v) is 27.3. The molecule has 0 heterocycles. The van der Waals surface area contributed by atoms with Gasteiger partial charge in [0.2, 0.25) is 0 Å². The summed E-state index contributed by atoms with van der Waals surface area (Å²) in [5, 5.41) is 19.7. The van der Waals surface area contributed by atoms with Crippen LogP contribution in [0.3, 0.4) is 0 Å². The number of rotatable bonds is 30. The quantitative estimate of drug-likeness (QED) is 0.0889. The third-order valence-electron chi connectivity index (χ3n) is 8.06. The van der Waals surface area contributed by atoms with Crippen LogP contribution < -0.4 is 0 Å². The molecule has 0 radical (unpaired) electrons. The van der Waals surface area contributed by atoms with Gasteiger partial charge < -0.3 is 10.2 Å². The third kappa shape index (κ3) is 38.1. The zero-order chi connectivity index (χ0) is 28.4. The smallest absolute Gasteiger partial charge is 0.0540 e. The van der Waals surface area contributed by atoms with E-state index in [0.29, 0.717) is 0 Å². The van der Waals surface area contributed by atoms with Crippen molar-refractivity contribution in [3.8, 4) is 0 Å². The number of aliphatic hydroxyl groups is 2. The van der Waals surface area contributed by atoms with Crippen LogP contribution in [0.1, 0.15) is 220 Å². The molecule has 0 aromatic rings. The second-order valence-electron chi connectivity index (χ2n) is 12.2. The van der Waals surface area contributed by atoms with Crippen LogP contribution in [-0.4, -0.2) is 22.4 Å². The van der Waals surface area contributed by atoms with Crippen molar-refractivity contribution in [2.24, 2.45) is 0 Å². The average Bonchev–Trinajstić information content (AvgIpc) is 2.92. The fourth-order valence-corrected chi connectivity index (χ4v) is 5.28. The maximum Gasteiger partial charge on any atom is 0.0540 e. The summed E-state index contributed by atoms with van der Waals surface area (Å²) in [5.41, 5.74) is 0. The molecule has 2 nitrogen and oxygen atoms in total. The molecular weight excluding hydrogens is 464 g/mol. The zero-order valence-electron chi connectivity index (χ0n) is 27.3. The molecule has 0 aromatic heterocycles. The standard InChI is InChI=1S/C20H42O.C16H34O/c1-3-5-7-9-11-12-13-15-17-19-20(21)18-16-14-10-8-6-4-2;1-3-5-7-9-10-11-13-15-16(17)14-12-8-6-4-2/h20-21H,3-19H2,1-2H3;16-17H,3-15H2,1-2H3. The first-order valence-corrected chi connectivity index (χ1v) is 18.0. The highest BCUT2D eigenvalue weighted by Crippen LogP contribution is 2.15. The second kappa shape index (κ2) is 36.9. The number of unbranched alkanes of at least 4 members (excludes halogenated alkanes) is 22. The molecule has 2 unspecified atom stereocenters. The molecule has 2 heteroatoms. The van der Waals surface area contributed by atoms with Crippen LogP contribution in [-0.2, 0) is 0 Å². The van der Waals surface area contributed by atoms with Crippen LogP contribution in [0.2, 0.25) is 0 Å². The number of hydrogen-bond acceptors (Lipinski definition) is 2.